The number of carbonyl (C=O) groups excluding carboxylic acids is 1. The lowest BCUT2D eigenvalue weighted by molar-refractivity contribution is -0.127. The number of hydrogen-bond donors (Lipinski definition) is 2. The van der Waals surface area contributed by atoms with Gasteiger partial charge >= 0.3 is 0 Å². The number of benzene rings is 1. The van der Waals surface area contributed by atoms with Crippen molar-refractivity contribution in [1.29, 1.82) is 0 Å². The van der Waals surface area contributed by atoms with Gasteiger partial charge < -0.3 is 15.5 Å². The zero-order valence-electron chi connectivity index (χ0n) is 14.0. The maximum Gasteiger partial charge on any atom is 0.241 e. The van der Waals surface area contributed by atoms with Crippen LogP contribution in [0.3, 0.4) is 0 Å². The molecule has 24 heavy (non-hydrogen) atoms. The molecule has 1 aromatic rings. The van der Waals surface area contributed by atoms with E-state index in [1.807, 2.05) is 13.0 Å². The van der Waals surface area contributed by atoms with Crippen LogP contribution in [0.4, 0.5) is 0 Å². The molecule has 2 N–H and O–H groups in total. The van der Waals surface area contributed by atoms with Gasteiger partial charge in [-0.3, -0.25) is 4.79 Å². The molecule has 0 spiro atoms. The number of aliphatic imine (C=N–C) groups is 1. The molecule has 1 aromatic carbocycles. The predicted molar refractivity (Wildman–Crippen MR) is 113 cm³/mol. The fourth-order valence-corrected chi connectivity index (χ4v) is 2.01. The van der Waals surface area contributed by atoms with Crippen LogP contribution in [0.15, 0.2) is 35.3 Å². The first-order valence-electron chi connectivity index (χ1n) is 7.10. The Morgan fingerprint density at radius 1 is 1.25 bits per heavy atom. The van der Waals surface area contributed by atoms with E-state index in [9.17, 15) is 4.79 Å². The number of nitrogens with one attached hydrogen (secondary N) is 2. The van der Waals surface area contributed by atoms with Crippen molar-refractivity contribution in [1.82, 2.24) is 15.5 Å². The number of carbonyl (C=O) groups is 1. The molecule has 0 saturated heterocycles. The van der Waals surface area contributed by atoms with Crippen LogP contribution >= 0.6 is 47.2 Å². The van der Waals surface area contributed by atoms with E-state index >= 15 is 0 Å². The molecular formula is C16H23Cl2IN4O. The fourth-order valence-electron chi connectivity index (χ4n) is 1.54. The molecule has 0 heterocycles. The van der Waals surface area contributed by atoms with Crippen molar-refractivity contribution in [2.24, 2.45) is 4.99 Å². The molecule has 1 rings (SSSR count). The van der Waals surface area contributed by atoms with Gasteiger partial charge in [-0.15, -0.1) is 24.0 Å². The number of guanidine groups is 1. The Bertz CT molecular complexity index is 606. The van der Waals surface area contributed by atoms with Crippen LogP contribution < -0.4 is 10.6 Å². The highest BCUT2D eigenvalue weighted by molar-refractivity contribution is 14.0. The maximum absolute atomic E-state index is 11.7. The second-order valence-corrected chi connectivity index (χ2v) is 6.20. The molecule has 0 aliphatic heterocycles. The van der Waals surface area contributed by atoms with E-state index in [0.29, 0.717) is 29.1 Å². The molecule has 0 fully saturated rings. The molecule has 134 valence electrons. The van der Waals surface area contributed by atoms with Crippen LogP contribution in [0.5, 0.6) is 0 Å². The Balaban J connectivity index is 0.00000529. The van der Waals surface area contributed by atoms with Gasteiger partial charge in [0.15, 0.2) is 5.96 Å². The lowest BCUT2D eigenvalue weighted by Crippen LogP contribution is -2.43. The maximum atomic E-state index is 11.7. The standard InChI is InChI=1S/C16H22Cl2N4O.HI/c1-11(2)8-19-16(21-10-15(23)22(3)4)20-9-12-5-6-13(17)7-14(12)18;/h5-7H,1,8-10H2,2-4H3,(H2,19,20,21);1H. The summed E-state index contributed by atoms with van der Waals surface area (Å²) >= 11 is 12.0. The van der Waals surface area contributed by atoms with Gasteiger partial charge in [0, 0.05) is 30.7 Å². The van der Waals surface area contributed by atoms with Gasteiger partial charge in [-0.2, -0.15) is 0 Å². The number of amides is 1. The second-order valence-electron chi connectivity index (χ2n) is 5.35. The van der Waals surface area contributed by atoms with Crippen molar-refractivity contribution < 1.29 is 4.79 Å². The summed E-state index contributed by atoms with van der Waals surface area (Å²) in [4.78, 5) is 17.6. The average molecular weight is 485 g/mol. The van der Waals surface area contributed by atoms with E-state index in [1.165, 1.54) is 4.90 Å². The van der Waals surface area contributed by atoms with Gasteiger partial charge in [0.05, 0.1) is 13.1 Å². The van der Waals surface area contributed by atoms with Gasteiger partial charge in [0.25, 0.3) is 0 Å². The van der Waals surface area contributed by atoms with E-state index in [4.69, 9.17) is 23.2 Å². The summed E-state index contributed by atoms with van der Waals surface area (Å²) in [6, 6.07) is 5.27. The van der Waals surface area contributed by atoms with Crippen LogP contribution in [0.2, 0.25) is 10.0 Å². The van der Waals surface area contributed by atoms with Crippen LogP contribution in [0.25, 0.3) is 0 Å². The molecule has 0 atom stereocenters. The second kappa shape index (κ2) is 11.5. The third-order valence-corrected chi connectivity index (χ3v) is 3.47. The summed E-state index contributed by atoms with van der Waals surface area (Å²) in [5.41, 5.74) is 1.81. The normalized spacial score (nSPS) is 10.6. The topological polar surface area (TPSA) is 56.7 Å². The Hall–Kier alpha value is -0.990. The van der Waals surface area contributed by atoms with Crippen molar-refractivity contribution in [3.05, 3.63) is 46.0 Å². The van der Waals surface area contributed by atoms with Gasteiger partial charge in [-0.25, -0.2) is 4.99 Å². The largest absolute Gasteiger partial charge is 0.353 e. The lowest BCUT2D eigenvalue weighted by Gasteiger charge is -2.15. The Kier molecular flexibility index (Phi) is 11.1. The summed E-state index contributed by atoms with van der Waals surface area (Å²) in [7, 11) is 3.41. The Morgan fingerprint density at radius 3 is 2.42 bits per heavy atom. The van der Waals surface area contributed by atoms with E-state index in [-0.39, 0.29) is 36.4 Å². The first-order valence-corrected chi connectivity index (χ1v) is 7.86. The van der Waals surface area contributed by atoms with Crippen LogP contribution in [-0.4, -0.2) is 44.0 Å². The van der Waals surface area contributed by atoms with E-state index in [0.717, 1.165) is 11.1 Å². The monoisotopic (exact) mass is 484 g/mol. The minimum atomic E-state index is -0.0423. The smallest absolute Gasteiger partial charge is 0.241 e. The fraction of sp³-hybridized carbons (Fsp3) is 0.375. The number of rotatable bonds is 6. The summed E-state index contributed by atoms with van der Waals surface area (Å²) in [5, 5.41) is 7.25. The number of nitrogens with zero attached hydrogens (tertiary/aromatic N) is 2. The average Bonchev–Trinajstić information content (AvgIpc) is 2.47. The molecule has 5 nitrogen and oxygen atoms in total. The third kappa shape index (κ3) is 8.75. The number of likely N-dealkylation sites (N-methyl/N-ethyl adjacent to an activating group) is 1. The minimum Gasteiger partial charge on any atom is -0.353 e. The zero-order valence-corrected chi connectivity index (χ0v) is 17.9. The van der Waals surface area contributed by atoms with Gasteiger partial charge in [0.2, 0.25) is 5.91 Å². The van der Waals surface area contributed by atoms with Gasteiger partial charge in [-0.05, 0) is 24.6 Å². The van der Waals surface area contributed by atoms with Gasteiger partial charge in [-0.1, -0.05) is 41.4 Å². The molecule has 0 aliphatic carbocycles. The van der Waals surface area contributed by atoms with Crippen molar-refractivity contribution in [2.75, 3.05) is 27.2 Å². The predicted octanol–water partition coefficient (Wildman–Crippen LogP) is 3.31. The van der Waals surface area contributed by atoms with Crippen molar-refractivity contribution in [3.8, 4) is 0 Å². The first kappa shape index (κ1) is 23.0. The zero-order chi connectivity index (χ0) is 17.4. The van der Waals surface area contributed by atoms with Gasteiger partial charge in [0.1, 0.15) is 0 Å². The van der Waals surface area contributed by atoms with Crippen LogP contribution in [0, 0.1) is 0 Å². The SMILES string of the molecule is C=C(C)CNC(=NCc1ccc(Cl)cc1Cl)NCC(=O)N(C)C.I. The van der Waals surface area contributed by atoms with E-state index < -0.39 is 0 Å². The molecule has 0 bridgehead atoms. The molecule has 8 heteroatoms. The first-order chi connectivity index (χ1) is 10.8. The van der Waals surface area contributed by atoms with E-state index in [1.54, 1.807) is 26.2 Å². The quantitative estimate of drug-likeness (QED) is 0.282. The lowest BCUT2D eigenvalue weighted by atomic mass is 10.2. The molecule has 0 radical (unpaired) electrons. The van der Waals surface area contributed by atoms with Crippen LogP contribution in [-0.2, 0) is 11.3 Å². The van der Waals surface area contributed by atoms with Crippen molar-refractivity contribution >= 4 is 59.0 Å². The highest BCUT2D eigenvalue weighted by Crippen LogP contribution is 2.21. The third-order valence-electron chi connectivity index (χ3n) is 2.89. The van der Waals surface area contributed by atoms with Crippen LogP contribution in [0.1, 0.15) is 12.5 Å². The Morgan fingerprint density at radius 2 is 1.88 bits per heavy atom. The summed E-state index contributed by atoms with van der Waals surface area (Å²) < 4.78 is 0. The summed E-state index contributed by atoms with van der Waals surface area (Å²) in [6.07, 6.45) is 0. The highest BCUT2D eigenvalue weighted by Gasteiger charge is 2.06. The summed E-state index contributed by atoms with van der Waals surface area (Å²) in [5.74, 6) is 0.480. The summed E-state index contributed by atoms with van der Waals surface area (Å²) in [6.45, 7) is 6.84. The molecule has 0 saturated carbocycles. The van der Waals surface area contributed by atoms with Crippen molar-refractivity contribution in [3.63, 3.8) is 0 Å². The molecule has 0 aliphatic rings. The number of hydrogen-bond acceptors (Lipinski definition) is 2. The number of halogens is 3. The molecule has 1 amide bonds. The van der Waals surface area contributed by atoms with Crippen molar-refractivity contribution in [2.45, 2.75) is 13.5 Å². The van der Waals surface area contributed by atoms with E-state index in [2.05, 4.69) is 22.2 Å². The molecule has 0 unspecified atom stereocenters. The Labute approximate surface area is 170 Å². The highest BCUT2D eigenvalue weighted by atomic mass is 127. The molecule has 0 aromatic heterocycles. The molecular weight excluding hydrogens is 462 g/mol. The minimum absolute atomic E-state index is 0.